The van der Waals surface area contributed by atoms with Gasteiger partial charge in [-0.25, -0.2) is 9.37 Å². The first-order valence-electron chi connectivity index (χ1n) is 5.61. The second-order valence-electron chi connectivity index (χ2n) is 4.41. The van der Waals surface area contributed by atoms with Gasteiger partial charge < -0.3 is 10.3 Å². The van der Waals surface area contributed by atoms with Gasteiger partial charge in [0.15, 0.2) is 0 Å². The molecule has 3 nitrogen and oxygen atoms in total. The maximum absolute atomic E-state index is 13.7. The summed E-state index contributed by atoms with van der Waals surface area (Å²) in [5.41, 5.74) is 8.49. The highest BCUT2D eigenvalue weighted by molar-refractivity contribution is 5.80. The molecule has 16 heavy (non-hydrogen) atoms. The Balaban J connectivity index is 2.40. The molecule has 1 aliphatic heterocycles. The molecule has 0 radical (unpaired) electrons. The molecule has 3 rings (SSSR count). The first kappa shape index (κ1) is 9.78. The predicted octanol–water partition coefficient (Wildman–Crippen LogP) is 2.14. The van der Waals surface area contributed by atoms with E-state index in [1.165, 1.54) is 6.07 Å². The summed E-state index contributed by atoms with van der Waals surface area (Å²) in [6.45, 7) is 2.80. The van der Waals surface area contributed by atoms with Gasteiger partial charge in [-0.15, -0.1) is 0 Å². The molecule has 1 atom stereocenters. The van der Waals surface area contributed by atoms with Gasteiger partial charge in [-0.05, 0) is 31.9 Å². The number of halogens is 1. The van der Waals surface area contributed by atoms with E-state index in [9.17, 15) is 4.39 Å². The molecule has 0 amide bonds. The number of hydrogen-bond acceptors (Lipinski definition) is 2. The third-order valence-corrected chi connectivity index (χ3v) is 3.20. The van der Waals surface area contributed by atoms with E-state index in [2.05, 4.69) is 9.55 Å². The minimum Gasteiger partial charge on any atom is -0.326 e. The van der Waals surface area contributed by atoms with E-state index >= 15 is 0 Å². The number of rotatable bonds is 1. The lowest BCUT2D eigenvalue weighted by atomic mass is 10.0. The summed E-state index contributed by atoms with van der Waals surface area (Å²) in [5, 5.41) is 0. The van der Waals surface area contributed by atoms with Crippen LogP contribution in [0.2, 0.25) is 0 Å². The Bertz CT molecular complexity index is 557. The van der Waals surface area contributed by atoms with E-state index in [0.717, 1.165) is 41.8 Å². The summed E-state index contributed by atoms with van der Waals surface area (Å²) in [5.74, 6) is 0.742. The van der Waals surface area contributed by atoms with Gasteiger partial charge in [0, 0.05) is 12.1 Å². The van der Waals surface area contributed by atoms with E-state index < -0.39 is 0 Å². The second-order valence-corrected chi connectivity index (χ2v) is 4.41. The zero-order valence-corrected chi connectivity index (χ0v) is 9.20. The van der Waals surface area contributed by atoms with Gasteiger partial charge in [-0.1, -0.05) is 0 Å². The molecule has 0 saturated heterocycles. The Hall–Kier alpha value is -1.42. The average Bonchev–Trinajstić information content (AvgIpc) is 2.64. The molecule has 1 aromatic heterocycles. The zero-order chi connectivity index (χ0) is 11.3. The number of imidazole rings is 1. The van der Waals surface area contributed by atoms with Gasteiger partial charge >= 0.3 is 0 Å². The highest BCUT2D eigenvalue weighted by atomic mass is 19.1. The van der Waals surface area contributed by atoms with Crippen LogP contribution in [0.5, 0.6) is 0 Å². The Labute approximate surface area is 93.1 Å². The molecule has 1 unspecified atom stereocenters. The van der Waals surface area contributed by atoms with Crippen LogP contribution >= 0.6 is 0 Å². The summed E-state index contributed by atoms with van der Waals surface area (Å²) >= 11 is 0. The molecule has 0 bridgehead atoms. The molecule has 4 heteroatoms. The van der Waals surface area contributed by atoms with Crippen molar-refractivity contribution in [2.24, 2.45) is 5.73 Å². The van der Waals surface area contributed by atoms with Gasteiger partial charge in [0.25, 0.3) is 0 Å². The van der Waals surface area contributed by atoms with Gasteiger partial charge in [0.05, 0.1) is 17.1 Å². The summed E-state index contributed by atoms with van der Waals surface area (Å²) in [4.78, 5) is 4.50. The van der Waals surface area contributed by atoms with Crippen LogP contribution in [0.4, 0.5) is 4.39 Å². The van der Waals surface area contributed by atoms with E-state index in [1.54, 1.807) is 6.07 Å². The standard InChI is InChI=1S/C12H14FN3/c1-7(14)12-15-10-5-4-9(13)8-3-2-6-16(12)11(8)10/h4-5,7H,2-3,6,14H2,1H3. The van der Waals surface area contributed by atoms with Crippen LogP contribution < -0.4 is 5.73 Å². The lowest BCUT2D eigenvalue weighted by Crippen LogP contribution is -2.17. The highest BCUT2D eigenvalue weighted by Crippen LogP contribution is 2.29. The van der Waals surface area contributed by atoms with E-state index in [1.807, 2.05) is 6.92 Å². The number of benzene rings is 1. The summed E-state index contributed by atoms with van der Waals surface area (Å²) in [7, 11) is 0. The largest absolute Gasteiger partial charge is 0.326 e. The van der Waals surface area contributed by atoms with Crippen LogP contribution in [-0.4, -0.2) is 9.55 Å². The van der Waals surface area contributed by atoms with Crippen molar-refractivity contribution in [1.82, 2.24) is 9.55 Å². The molecule has 2 N–H and O–H groups in total. The first-order valence-corrected chi connectivity index (χ1v) is 5.61. The lowest BCUT2D eigenvalue weighted by molar-refractivity contribution is 0.550. The van der Waals surface area contributed by atoms with Crippen molar-refractivity contribution in [3.8, 4) is 0 Å². The Morgan fingerprint density at radius 3 is 3.06 bits per heavy atom. The molecule has 0 saturated carbocycles. The number of aryl methyl sites for hydroxylation is 2. The van der Waals surface area contributed by atoms with Crippen molar-refractivity contribution in [2.45, 2.75) is 32.4 Å². The minimum atomic E-state index is -0.121. The fourth-order valence-corrected chi connectivity index (χ4v) is 2.51. The quantitative estimate of drug-likeness (QED) is 0.798. The molecule has 2 heterocycles. The Morgan fingerprint density at radius 1 is 1.50 bits per heavy atom. The van der Waals surface area contributed by atoms with Gasteiger partial charge in [0.1, 0.15) is 11.6 Å². The van der Waals surface area contributed by atoms with Crippen LogP contribution in [0, 0.1) is 5.82 Å². The smallest absolute Gasteiger partial charge is 0.128 e. The van der Waals surface area contributed by atoms with Gasteiger partial charge in [0.2, 0.25) is 0 Å². The van der Waals surface area contributed by atoms with Crippen LogP contribution in [0.25, 0.3) is 11.0 Å². The molecule has 2 aromatic rings. The monoisotopic (exact) mass is 219 g/mol. The molecule has 84 valence electrons. The van der Waals surface area contributed by atoms with Gasteiger partial charge in [-0.2, -0.15) is 0 Å². The minimum absolute atomic E-state index is 0.110. The van der Waals surface area contributed by atoms with Crippen LogP contribution in [0.3, 0.4) is 0 Å². The molecule has 1 aromatic carbocycles. The van der Waals surface area contributed by atoms with Crippen molar-refractivity contribution in [2.75, 3.05) is 0 Å². The van der Waals surface area contributed by atoms with Crippen LogP contribution in [-0.2, 0) is 13.0 Å². The van der Waals surface area contributed by atoms with Crippen molar-refractivity contribution < 1.29 is 4.39 Å². The number of nitrogens with zero attached hydrogens (tertiary/aromatic N) is 2. The molecule has 0 spiro atoms. The van der Waals surface area contributed by atoms with Crippen molar-refractivity contribution in [3.63, 3.8) is 0 Å². The first-order chi connectivity index (χ1) is 7.68. The SMILES string of the molecule is CC(N)c1nc2ccc(F)c3c2n1CCC3. The summed E-state index contributed by atoms with van der Waals surface area (Å²) < 4.78 is 15.7. The molecule has 0 fully saturated rings. The average molecular weight is 219 g/mol. The Morgan fingerprint density at radius 2 is 2.31 bits per heavy atom. The zero-order valence-electron chi connectivity index (χ0n) is 9.20. The summed E-state index contributed by atoms with van der Waals surface area (Å²) in [6.07, 6.45) is 1.76. The molecule has 0 aliphatic carbocycles. The number of nitrogens with two attached hydrogens (primary N) is 1. The van der Waals surface area contributed by atoms with E-state index in [0.29, 0.717) is 0 Å². The van der Waals surface area contributed by atoms with E-state index in [4.69, 9.17) is 5.73 Å². The third-order valence-electron chi connectivity index (χ3n) is 3.20. The topological polar surface area (TPSA) is 43.8 Å². The van der Waals surface area contributed by atoms with Crippen molar-refractivity contribution >= 4 is 11.0 Å². The lowest BCUT2D eigenvalue weighted by Gasteiger charge is -2.18. The maximum Gasteiger partial charge on any atom is 0.128 e. The molecular weight excluding hydrogens is 205 g/mol. The van der Waals surface area contributed by atoms with Crippen molar-refractivity contribution in [3.05, 3.63) is 29.3 Å². The third kappa shape index (κ3) is 1.19. The second kappa shape index (κ2) is 3.28. The van der Waals surface area contributed by atoms with Crippen LogP contribution in [0.1, 0.15) is 30.8 Å². The molecular formula is C12H14FN3. The number of hydrogen-bond donors (Lipinski definition) is 1. The highest BCUT2D eigenvalue weighted by Gasteiger charge is 2.21. The van der Waals surface area contributed by atoms with Crippen molar-refractivity contribution in [1.29, 1.82) is 0 Å². The van der Waals surface area contributed by atoms with Gasteiger partial charge in [-0.3, -0.25) is 0 Å². The maximum atomic E-state index is 13.7. The summed E-state index contributed by atoms with van der Waals surface area (Å²) in [6, 6.07) is 3.13. The fourth-order valence-electron chi connectivity index (χ4n) is 2.51. The predicted molar refractivity (Wildman–Crippen MR) is 60.6 cm³/mol. The van der Waals surface area contributed by atoms with E-state index in [-0.39, 0.29) is 11.9 Å². The molecule has 1 aliphatic rings. The Kier molecular flexibility index (Phi) is 2.01. The van der Waals surface area contributed by atoms with Crippen LogP contribution in [0.15, 0.2) is 12.1 Å². The number of aromatic nitrogens is 2. The normalized spacial score (nSPS) is 16.7. The fraction of sp³-hybridized carbons (Fsp3) is 0.417.